The van der Waals surface area contributed by atoms with Crippen molar-refractivity contribution < 1.29 is 5.11 Å². The molecule has 2 fully saturated rings. The first kappa shape index (κ1) is 12.3. The van der Waals surface area contributed by atoms with Gasteiger partial charge < -0.3 is 14.9 Å². The molecule has 0 aromatic rings. The largest absolute Gasteiger partial charge is 0.393 e. The van der Waals surface area contributed by atoms with E-state index in [1.54, 1.807) is 0 Å². The van der Waals surface area contributed by atoms with Crippen LogP contribution in [0.25, 0.3) is 0 Å². The Morgan fingerprint density at radius 2 is 1.81 bits per heavy atom. The van der Waals surface area contributed by atoms with Crippen molar-refractivity contribution in [3.63, 3.8) is 0 Å². The van der Waals surface area contributed by atoms with Gasteiger partial charge in [-0.2, -0.15) is 0 Å². The van der Waals surface area contributed by atoms with Crippen LogP contribution in [0.4, 0.5) is 0 Å². The Hall–Kier alpha value is -0.120. The molecule has 3 nitrogen and oxygen atoms in total. The van der Waals surface area contributed by atoms with Crippen molar-refractivity contribution in [2.24, 2.45) is 0 Å². The van der Waals surface area contributed by atoms with Gasteiger partial charge in [0.25, 0.3) is 0 Å². The van der Waals surface area contributed by atoms with Crippen molar-refractivity contribution >= 4 is 0 Å². The first-order chi connectivity index (χ1) is 7.70. The summed E-state index contributed by atoms with van der Waals surface area (Å²) in [5.41, 5.74) is 0. The van der Waals surface area contributed by atoms with E-state index >= 15 is 0 Å². The predicted octanol–water partition coefficient (Wildman–Crippen LogP) is 1.32. The van der Waals surface area contributed by atoms with Gasteiger partial charge in [0.05, 0.1) is 6.10 Å². The molecule has 1 saturated carbocycles. The fourth-order valence-corrected chi connectivity index (χ4v) is 3.25. The Kier molecular flexibility index (Phi) is 4.22. The van der Waals surface area contributed by atoms with E-state index in [-0.39, 0.29) is 6.10 Å². The van der Waals surface area contributed by atoms with Gasteiger partial charge in [0.1, 0.15) is 0 Å². The maximum atomic E-state index is 9.59. The molecule has 2 atom stereocenters. The summed E-state index contributed by atoms with van der Waals surface area (Å²) in [5.74, 6) is 0. The van der Waals surface area contributed by atoms with Crippen LogP contribution in [0.2, 0.25) is 0 Å². The molecule has 2 unspecified atom stereocenters. The number of likely N-dealkylation sites (tertiary alicyclic amines) is 1. The third kappa shape index (κ3) is 2.76. The molecule has 0 spiro atoms. The van der Waals surface area contributed by atoms with Crippen LogP contribution in [0.3, 0.4) is 0 Å². The maximum Gasteiger partial charge on any atom is 0.0555 e. The van der Waals surface area contributed by atoms with E-state index in [1.165, 1.54) is 38.9 Å². The summed E-state index contributed by atoms with van der Waals surface area (Å²) in [5, 5.41) is 9.59. The van der Waals surface area contributed by atoms with Crippen LogP contribution in [0, 0.1) is 0 Å². The second-order valence-electron chi connectivity index (χ2n) is 5.45. The Morgan fingerprint density at radius 3 is 2.31 bits per heavy atom. The fraction of sp³-hybridized carbons (Fsp3) is 1.00. The van der Waals surface area contributed by atoms with Crippen molar-refractivity contribution in [1.29, 1.82) is 0 Å². The molecule has 0 aromatic heterocycles. The summed E-state index contributed by atoms with van der Waals surface area (Å²) in [7, 11) is 2.26. The molecule has 1 aliphatic carbocycles. The number of aliphatic hydroxyl groups excluding tert-OH is 1. The molecule has 1 N–H and O–H groups in total. The summed E-state index contributed by atoms with van der Waals surface area (Å²) >= 11 is 0. The SMILES string of the molecule is CCN1CCC(N(C)C2CCC(O)C2)CC1. The summed E-state index contributed by atoms with van der Waals surface area (Å²) < 4.78 is 0. The molecule has 0 bridgehead atoms. The smallest absolute Gasteiger partial charge is 0.0555 e. The number of aliphatic hydroxyl groups is 1. The monoisotopic (exact) mass is 226 g/mol. The molecule has 2 rings (SSSR count). The van der Waals surface area contributed by atoms with Crippen LogP contribution >= 0.6 is 0 Å². The molecule has 0 aromatic carbocycles. The minimum absolute atomic E-state index is 0.0387. The summed E-state index contributed by atoms with van der Waals surface area (Å²) in [6, 6.07) is 1.38. The molecule has 1 saturated heterocycles. The highest BCUT2D eigenvalue weighted by Crippen LogP contribution is 2.27. The van der Waals surface area contributed by atoms with Crippen molar-refractivity contribution in [3.05, 3.63) is 0 Å². The molecular weight excluding hydrogens is 200 g/mol. The average Bonchev–Trinajstić information content (AvgIpc) is 2.75. The highest BCUT2D eigenvalue weighted by atomic mass is 16.3. The van der Waals surface area contributed by atoms with Gasteiger partial charge in [0.2, 0.25) is 0 Å². The maximum absolute atomic E-state index is 9.59. The topological polar surface area (TPSA) is 26.7 Å². The molecule has 1 aliphatic heterocycles. The van der Waals surface area contributed by atoms with Crippen LogP contribution in [0.15, 0.2) is 0 Å². The van der Waals surface area contributed by atoms with Crippen molar-refractivity contribution in [2.75, 3.05) is 26.7 Å². The number of hydrogen-bond donors (Lipinski definition) is 1. The van der Waals surface area contributed by atoms with Crippen LogP contribution in [-0.4, -0.2) is 59.8 Å². The molecular formula is C13H26N2O. The normalized spacial score (nSPS) is 33.8. The predicted molar refractivity (Wildman–Crippen MR) is 66.5 cm³/mol. The van der Waals surface area contributed by atoms with Crippen molar-refractivity contribution in [2.45, 2.75) is 57.2 Å². The molecule has 3 heteroatoms. The van der Waals surface area contributed by atoms with Gasteiger partial charge in [-0.3, -0.25) is 0 Å². The zero-order valence-corrected chi connectivity index (χ0v) is 10.7. The van der Waals surface area contributed by atoms with Gasteiger partial charge in [-0.05, 0) is 58.8 Å². The van der Waals surface area contributed by atoms with E-state index in [9.17, 15) is 5.11 Å². The van der Waals surface area contributed by atoms with Gasteiger partial charge >= 0.3 is 0 Å². The summed E-state index contributed by atoms with van der Waals surface area (Å²) in [6.07, 6.45) is 5.75. The van der Waals surface area contributed by atoms with Gasteiger partial charge in [0.15, 0.2) is 0 Å². The lowest BCUT2D eigenvalue weighted by Crippen LogP contribution is -2.46. The van der Waals surface area contributed by atoms with Crippen molar-refractivity contribution in [1.82, 2.24) is 9.80 Å². The van der Waals surface area contributed by atoms with E-state index in [1.807, 2.05) is 0 Å². The first-order valence-corrected chi connectivity index (χ1v) is 6.83. The Bertz CT molecular complexity index is 214. The molecule has 0 amide bonds. The Morgan fingerprint density at radius 1 is 1.12 bits per heavy atom. The molecule has 94 valence electrons. The van der Waals surface area contributed by atoms with Crippen LogP contribution in [0.1, 0.15) is 39.0 Å². The van der Waals surface area contributed by atoms with Gasteiger partial charge in [-0.15, -0.1) is 0 Å². The Labute approximate surface area is 99.4 Å². The van der Waals surface area contributed by atoms with Crippen molar-refractivity contribution in [3.8, 4) is 0 Å². The lowest BCUT2D eigenvalue weighted by atomic mass is 10.0. The average molecular weight is 226 g/mol. The van der Waals surface area contributed by atoms with Crippen LogP contribution in [-0.2, 0) is 0 Å². The second-order valence-corrected chi connectivity index (χ2v) is 5.45. The third-order valence-electron chi connectivity index (χ3n) is 4.53. The number of nitrogens with zero attached hydrogens (tertiary/aromatic N) is 2. The van der Waals surface area contributed by atoms with E-state index in [4.69, 9.17) is 0 Å². The summed E-state index contributed by atoms with van der Waals surface area (Å²) in [6.45, 7) is 5.94. The van der Waals surface area contributed by atoms with E-state index in [0.29, 0.717) is 6.04 Å². The first-order valence-electron chi connectivity index (χ1n) is 6.83. The lowest BCUT2D eigenvalue weighted by molar-refractivity contribution is 0.0915. The molecule has 1 heterocycles. The zero-order chi connectivity index (χ0) is 11.5. The van der Waals surface area contributed by atoms with E-state index < -0.39 is 0 Å². The molecule has 0 radical (unpaired) electrons. The van der Waals surface area contributed by atoms with Crippen LogP contribution in [0.5, 0.6) is 0 Å². The Balaban J connectivity index is 1.79. The van der Waals surface area contributed by atoms with Crippen LogP contribution < -0.4 is 0 Å². The highest BCUT2D eigenvalue weighted by Gasteiger charge is 2.31. The number of hydrogen-bond acceptors (Lipinski definition) is 3. The van der Waals surface area contributed by atoms with Gasteiger partial charge in [-0.25, -0.2) is 0 Å². The molecule has 2 aliphatic rings. The molecule has 16 heavy (non-hydrogen) atoms. The minimum atomic E-state index is -0.0387. The van der Waals surface area contributed by atoms with Gasteiger partial charge in [0, 0.05) is 12.1 Å². The zero-order valence-electron chi connectivity index (χ0n) is 10.7. The third-order valence-corrected chi connectivity index (χ3v) is 4.53. The van der Waals surface area contributed by atoms with Gasteiger partial charge in [-0.1, -0.05) is 6.92 Å². The second kappa shape index (κ2) is 5.48. The number of piperidine rings is 1. The quantitative estimate of drug-likeness (QED) is 0.786. The lowest BCUT2D eigenvalue weighted by Gasteiger charge is -2.39. The number of rotatable bonds is 3. The highest BCUT2D eigenvalue weighted by molar-refractivity contribution is 4.87. The summed E-state index contributed by atoms with van der Waals surface area (Å²) in [4.78, 5) is 5.08. The fourth-order valence-electron chi connectivity index (χ4n) is 3.25. The minimum Gasteiger partial charge on any atom is -0.393 e. The standard InChI is InChI=1S/C13H26N2O/c1-3-15-8-6-11(7-9-15)14(2)12-4-5-13(16)10-12/h11-13,16H,3-10H2,1-2H3. The van der Waals surface area contributed by atoms with E-state index in [0.717, 1.165) is 18.9 Å². The van der Waals surface area contributed by atoms with E-state index in [2.05, 4.69) is 23.8 Å².